The van der Waals surface area contributed by atoms with Crippen molar-refractivity contribution in [3.05, 3.63) is 35.4 Å². The molecular formula is C15H17N3O. The van der Waals surface area contributed by atoms with E-state index in [1.54, 1.807) is 4.90 Å². The third kappa shape index (κ3) is 1.91. The zero-order valence-corrected chi connectivity index (χ0v) is 10.7. The summed E-state index contributed by atoms with van der Waals surface area (Å²) in [7, 11) is 0. The second kappa shape index (κ2) is 4.67. The summed E-state index contributed by atoms with van der Waals surface area (Å²) in [6.07, 6.45) is 2.40. The Morgan fingerprint density at radius 3 is 2.95 bits per heavy atom. The van der Waals surface area contributed by atoms with Gasteiger partial charge in [0.15, 0.2) is 0 Å². The first-order chi connectivity index (χ1) is 9.22. The zero-order valence-electron chi connectivity index (χ0n) is 10.7. The lowest BCUT2D eigenvalue weighted by Crippen LogP contribution is -2.41. The summed E-state index contributed by atoms with van der Waals surface area (Å²) in [5.41, 5.74) is 8.46. The molecule has 0 radical (unpaired) electrons. The Morgan fingerprint density at radius 2 is 2.21 bits per heavy atom. The van der Waals surface area contributed by atoms with Gasteiger partial charge in [-0.15, -0.1) is 0 Å². The molecule has 1 aliphatic carbocycles. The molecule has 0 spiro atoms. The van der Waals surface area contributed by atoms with Gasteiger partial charge >= 0.3 is 0 Å². The molecule has 0 unspecified atom stereocenters. The largest absolute Gasteiger partial charge is 0.326 e. The molecule has 2 N–H and O–H groups in total. The Morgan fingerprint density at radius 1 is 1.42 bits per heavy atom. The van der Waals surface area contributed by atoms with Crippen LogP contribution in [0.3, 0.4) is 0 Å². The lowest BCUT2D eigenvalue weighted by Gasteiger charge is -2.25. The molecule has 1 aromatic rings. The summed E-state index contributed by atoms with van der Waals surface area (Å²) >= 11 is 0. The van der Waals surface area contributed by atoms with Crippen molar-refractivity contribution in [1.29, 1.82) is 5.26 Å². The first-order valence-corrected chi connectivity index (χ1v) is 6.76. The van der Waals surface area contributed by atoms with Crippen molar-refractivity contribution in [3.63, 3.8) is 0 Å². The molecule has 1 saturated heterocycles. The second-order valence-electron chi connectivity index (χ2n) is 5.35. The van der Waals surface area contributed by atoms with Gasteiger partial charge in [0.25, 0.3) is 0 Å². The molecule has 1 aromatic carbocycles. The maximum atomic E-state index is 12.6. The van der Waals surface area contributed by atoms with Crippen LogP contribution in [-0.2, 0) is 11.2 Å². The van der Waals surface area contributed by atoms with Crippen molar-refractivity contribution < 1.29 is 4.79 Å². The number of nitrogens with two attached hydrogens (primary N) is 1. The first-order valence-electron chi connectivity index (χ1n) is 6.76. The molecule has 2 aliphatic rings. The summed E-state index contributed by atoms with van der Waals surface area (Å²) in [5.74, 6) is -0.154. The molecular weight excluding hydrogens is 238 g/mol. The fourth-order valence-corrected chi connectivity index (χ4v) is 3.24. The van der Waals surface area contributed by atoms with Gasteiger partial charge in [-0.3, -0.25) is 4.79 Å². The van der Waals surface area contributed by atoms with Crippen LogP contribution in [0.4, 0.5) is 0 Å². The molecule has 3 atom stereocenters. The average Bonchev–Trinajstić information content (AvgIpc) is 3.03. The number of carbonyl (C=O) groups excluding carboxylic acids is 1. The standard InChI is InChI=1S/C15H17N3O/c16-9-11-5-3-7-18(11)15(19)13-8-10-4-1-2-6-12(10)14(13)17/h1-2,4,6,11,13-14H,3,5,7-8,17H2/t11-,13+,14+/m0/s1. The first kappa shape index (κ1) is 12.2. The van der Waals surface area contributed by atoms with E-state index in [9.17, 15) is 4.79 Å². The van der Waals surface area contributed by atoms with Gasteiger partial charge in [0.2, 0.25) is 5.91 Å². The fraction of sp³-hybridized carbons (Fsp3) is 0.467. The number of likely N-dealkylation sites (tertiary alicyclic amines) is 1. The van der Waals surface area contributed by atoms with Crippen LogP contribution in [-0.4, -0.2) is 23.4 Å². The van der Waals surface area contributed by atoms with Gasteiger partial charge in [0, 0.05) is 12.6 Å². The van der Waals surface area contributed by atoms with E-state index in [-0.39, 0.29) is 23.9 Å². The second-order valence-corrected chi connectivity index (χ2v) is 5.35. The molecule has 98 valence electrons. The smallest absolute Gasteiger partial charge is 0.229 e. The lowest BCUT2D eigenvalue weighted by atomic mass is 9.99. The van der Waals surface area contributed by atoms with E-state index in [0.29, 0.717) is 13.0 Å². The SMILES string of the molecule is N#C[C@@H]1CCCN1C(=O)[C@@H]1Cc2ccccc2[C@H]1N. The minimum Gasteiger partial charge on any atom is -0.326 e. The summed E-state index contributed by atoms with van der Waals surface area (Å²) < 4.78 is 0. The van der Waals surface area contributed by atoms with Crippen LogP contribution in [0.5, 0.6) is 0 Å². The molecule has 4 heteroatoms. The van der Waals surface area contributed by atoms with Crippen molar-refractivity contribution in [3.8, 4) is 6.07 Å². The normalized spacial score (nSPS) is 29.1. The number of nitrogens with zero attached hydrogens (tertiary/aromatic N) is 2. The van der Waals surface area contributed by atoms with Crippen LogP contribution in [0.25, 0.3) is 0 Å². The highest BCUT2D eigenvalue weighted by Crippen LogP contribution is 2.36. The summed E-state index contributed by atoms with van der Waals surface area (Å²) in [4.78, 5) is 14.3. The number of benzene rings is 1. The molecule has 0 aromatic heterocycles. The Balaban J connectivity index is 1.82. The van der Waals surface area contributed by atoms with Crippen LogP contribution >= 0.6 is 0 Å². The van der Waals surface area contributed by atoms with E-state index in [1.165, 1.54) is 5.56 Å². The van der Waals surface area contributed by atoms with Crippen molar-refractivity contribution in [2.45, 2.75) is 31.3 Å². The third-order valence-electron chi connectivity index (χ3n) is 4.29. The highest BCUT2D eigenvalue weighted by molar-refractivity contribution is 5.82. The van der Waals surface area contributed by atoms with E-state index in [0.717, 1.165) is 18.4 Å². The van der Waals surface area contributed by atoms with E-state index in [2.05, 4.69) is 6.07 Å². The van der Waals surface area contributed by atoms with E-state index >= 15 is 0 Å². The Hall–Kier alpha value is -1.86. The van der Waals surface area contributed by atoms with Gasteiger partial charge in [-0.1, -0.05) is 24.3 Å². The maximum absolute atomic E-state index is 12.6. The Labute approximate surface area is 112 Å². The molecule has 4 nitrogen and oxygen atoms in total. The average molecular weight is 255 g/mol. The number of rotatable bonds is 1. The van der Waals surface area contributed by atoms with Gasteiger partial charge in [-0.25, -0.2) is 0 Å². The van der Waals surface area contributed by atoms with Gasteiger partial charge in [-0.2, -0.15) is 5.26 Å². The minimum absolute atomic E-state index is 0.0488. The van der Waals surface area contributed by atoms with Crippen molar-refractivity contribution in [1.82, 2.24) is 4.90 Å². The maximum Gasteiger partial charge on any atom is 0.229 e. The van der Waals surface area contributed by atoms with Crippen LogP contribution < -0.4 is 5.73 Å². The monoisotopic (exact) mass is 255 g/mol. The summed E-state index contributed by atoms with van der Waals surface area (Å²) in [6, 6.07) is 9.70. The number of nitriles is 1. The van der Waals surface area contributed by atoms with Crippen LogP contribution in [0.15, 0.2) is 24.3 Å². The Kier molecular flexibility index (Phi) is 3.00. The number of hydrogen-bond acceptors (Lipinski definition) is 3. The Bertz CT molecular complexity index is 549. The van der Waals surface area contributed by atoms with Gasteiger partial charge in [0.1, 0.15) is 6.04 Å². The summed E-state index contributed by atoms with van der Waals surface area (Å²) in [5, 5.41) is 9.09. The fourth-order valence-electron chi connectivity index (χ4n) is 3.24. The molecule has 0 saturated carbocycles. The molecule has 1 fully saturated rings. The highest BCUT2D eigenvalue weighted by atomic mass is 16.2. The number of fused-ring (bicyclic) bond motifs is 1. The van der Waals surface area contributed by atoms with Crippen molar-refractivity contribution in [2.75, 3.05) is 6.54 Å². The summed E-state index contributed by atoms with van der Waals surface area (Å²) in [6.45, 7) is 0.691. The van der Waals surface area contributed by atoms with Gasteiger partial charge in [0.05, 0.1) is 12.0 Å². The van der Waals surface area contributed by atoms with E-state index < -0.39 is 0 Å². The predicted octanol–water partition coefficient (Wildman–Crippen LogP) is 1.37. The number of hydrogen-bond donors (Lipinski definition) is 1. The zero-order chi connectivity index (χ0) is 13.4. The van der Waals surface area contributed by atoms with Crippen LogP contribution in [0.2, 0.25) is 0 Å². The molecule has 1 amide bonds. The molecule has 19 heavy (non-hydrogen) atoms. The lowest BCUT2D eigenvalue weighted by molar-refractivity contribution is -0.135. The number of carbonyl (C=O) groups is 1. The molecule has 1 aliphatic heterocycles. The van der Waals surface area contributed by atoms with Gasteiger partial charge in [-0.05, 0) is 30.4 Å². The topological polar surface area (TPSA) is 70.1 Å². The van der Waals surface area contributed by atoms with E-state index in [4.69, 9.17) is 11.0 Å². The predicted molar refractivity (Wildman–Crippen MR) is 70.9 cm³/mol. The third-order valence-corrected chi connectivity index (χ3v) is 4.29. The molecule has 1 heterocycles. The van der Waals surface area contributed by atoms with Crippen molar-refractivity contribution >= 4 is 5.91 Å². The quantitative estimate of drug-likeness (QED) is 0.824. The van der Waals surface area contributed by atoms with Gasteiger partial charge < -0.3 is 10.6 Å². The van der Waals surface area contributed by atoms with E-state index in [1.807, 2.05) is 24.3 Å². The van der Waals surface area contributed by atoms with Crippen LogP contribution in [0.1, 0.15) is 30.0 Å². The van der Waals surface area contributed by atoms with Crippen LogP contribution in [0, 0.1) is 17.2 Å². The molecule has 0 bridgehead atoms. The van der Waals surface area contributed by atoms with Crippen molar-refractivity contribution in [2.24, 2.45) is 11.7 Å². The highest BCUT2D eigenvalue weighted by Gasteiger charge is 2.40. The minimum atomic E-state index is -0.261. The molecule has 3 rings (SSSR count). The number of amides is 1.